The fourth-order valence-corrected chi connectivity index (χ4v) is 2.28. The zero-order chi connectivity index (χ0) is 20.7. The van der Waals surface area contributed by atoms with Crippen molar-refractivity contribution in [2.24, 2.45) is 0 Å². The van der Waals surface area contributed by atoms with Crippen LogP contribution < -0.4 is 0 Å². The first-order valence-corrected chi connectivity index (χ1v) is 9.26. The molecule has 1 heterocycles. The number of hydrogen-bond donors (Lipinski definition) is 4. The van der Waals surface area contributed by atoms with Crippen LogP contribution in [0.3, 0.4) is 0 Å². The van der Waals surface area contributed by atoms with Crippen LogP contribution in [0.15, 0.2) is 54.7 Å². The van der Waals surface area contributed by atoms with E-state index in [-0.39, 0.29) is 23.8 Å². The molecule has 2 aromatic carbocycles. The Balaban J connectivity index is 0.000000500. The predicted molar refractivity (Wildman–Crippen MR) is 99.7 cm³/mol. The van der Waals surface area contributed by atoms with Gasteiger partial charge in [-0.25, -0.2) is 9.78 Å². The molecule has 3 rings (SSSR count). The summed E-state index contributed by atoms with van der Waals surface area (Å²) in [7, 11) is -4.67. The summed E-state index contributed by atoms with van der Waals surface area (Å²) in [5.41, 5.74) is 1.25. The summed E-state index contributed by atoms with van der Waals surface area (Å²) in [6.45, 7) is 0.267. The summed E-state index contributed by atoms with van der Waals surface area (Å²) in [6.07, 6.45) is 1.98. The average molecular weight is 407 g/mol. The molecular formula is C18H17NO8S. The van der Waals surface area contributed by atoms with Gasteiger partial charge in [0.15, 0.2) is 11.5 Å². The third-order valence-corrected chi connectivity index (χ3v) is 3.53. The van der Waals surface area contributed by atoms with Gasteiger partial charge in [-0.2, -0.15) is 8.42 Å². The molecule has 10 heteroatoms. The van der Waals surface area contributed by atoms with E-state index in [1.165, 1.54) is 18.3 Å². The van der Waals surface area contributed by atoms with Crippen LogP contribution >= 0.6 is 0 Å². The van der Waals surface area contributed by atoms with E-state index in [1.54, 1.807) is 6.07 Å². The van der Waals surface area contributed by atoms with Gasteiger partial charge >= 0.3 is 16.4 Å². The highest BCUT2D eigenvalue weighted by Crippen LogP contribution is 2.33. The zero-order valence-electron chi connectivity index (χ0n) is 14.4. The van der Waals surface area contributed by atoms with Gasteiger partial charge < -0.3 is 14.9 Å². The van der Waals surface area contributed by atoms with Crippen LogP contribution in [0.1, 0.15) is 16.1 Å². The first-order chi connectivity index (χ1) is 13.1. The Morgan fingerprint density at radius 3 is 2.32 bits per heavy atom. The molecule has 0 spiro atoms. The molecule has 0 saturated heterocycles. The van der Waals surface area contributed by atoms with Gasteiger partial charge in [0.05, 0.1) is 6.61 Å². The second kappa shape index (κ2) is 9.13. The minimum absolute atomic E-state index is 0.163. The van der Waals surface area contributed by atoms with Gasteiger partial charge in [-0.1, -0.05) is 36.4 Å². The number of fused-ring (bicyclic) bond motifs is 1. The summed E-state index contributed by atoms with van der Waals surface area (Å²) >= 11 is 0. The minimum Gasteiger partial charge on any atom is -0.504 e. The number of phenols is 2. The van der Waals surface area contributed by atoms with Gasteiger partial charge in [0.1, 0.15) is 5.69 Å². The van der Waals surface area contributed by atoms with Crippen molar-refractivity contribution in [2.45, 2.75) is 6.42 Å². The van der Waals surface area contributed by atoms with Crippen LogP contribution in [-0.4, -0.2) is 45.3 Å². The van der Waals surface area contributed by atoms with Gasteiger partial charge in [0.2, 0.25) is 0 Å². The first-order valence-electron chi connectivity index (χ1n) is 7.87. The molecule has 0 fully saturated rings. The van der Waals surface area contributed by atoms with Crippen LogP contribution in [0.25, 0.3) is 10.8 Å². The third-order valence-electron chi connectivity index (χ3n) is 3.53. The van der Waals surface area contributed by atoms with Crippen molar-refractivity contribution in [1.82, 2.24) is 4.98 Å². The lowest BCUT2D eigenvalue weighted by atomic mass is 10.1. The molecule has 0 aliphatic heterocycles. The molecule has 9 nitrogen and oxygen atoms in total. The Bertz CT molecular complexity index is 1060. The number of benzene rings is 2. The smallest absolute Gasteiger partial charge is 0.394 e. The number of hydrogen-bond acceptors (Lipinski definition) is 7. The van der Waals surface area contributed by atoms with E-state index < -0.39 is 16.4 Å². The highest BCUT2D eigenvalue weighted by atomic mass is 32.3. The molecule has 0 amide bonds. The molecule has 0 bridgehead atoms. The van der Waals surface area contributed by atoms with E-state index in [0.29, 0.717) is 17.2 Å². The van der Waals surface area contributed by atoms with Gasteiger partial charge in [0, 0.05) is 18.0 Å². The molecule has 0 radical (unpaired) electrons. The van der Waals surface area contributed by atoms with Crippen LogP contribution in [0.2, 0.25) is 0 Å². The van der Waals surface area contributed by atoms with Crippen molar-refractivity contribution in [1.29, 1.82) is 0 Å². The SMILES string of the molecule is O=C(OCCc1ccccc1)c1cc2ccc(O)c(O)c2cn1.O=S(=O)(O)O. The normalized spacial score (nSPS) is 10.8. The highest BCUT2D eigenvalue weighted by molar-refractivity contribution is 7.79. The molecule has 0 aliphatic carbocycles. The monoisotopic (exact) mass is 407 g/mol. The largest absolute Gasteiger partial charge is 0.504 e. The predicted octanol–water partition coefficient (Wildman–Crippen LogP) is 2.39. The van der Waals surface area contributed by atoms with Crippen molar-refractivity contribution in [3.8, 4) is 11.5 Å². The minimum atomic E-state index is -4.67. The lowest BCUT2D eigenvalue weighted by Crippen LogP contribution is -2.09. The molecule has 4 N–H and O–H groups in total. The number of aromatic nitrogens is 1. The van der Waals surface area contributed by atoms with Crippen LogP contribution in [-0.2, 0) is 21.6 Å². The van der Waals surface area contributed by atoms with E-state index in [9.17, 15) is 15.0 Å². The van der Waals surface area contributed by atoms with Gasteiger partial charge in [0.25, 0.3) is 0 Å². The number of nitrogens with zero attached hydrogens (tertiary/aromatic N) is 1. The summed E-state index contributed by atoms with van der Waals surface area (Å²) in [5, 5.41) is 20.2. The number of aromatic hydroxyl groups is 2. The standard InChI is InChI=1S/C18H15NO4.H2O4S/c20-16-7-6-13-10-15(19-11-14(13)17(16)21)18(22)23-9-8-12-4-2-1-3-5-12;1-5(2,3)4/h1-7,10-11,20-21H,8-9H2;(H2,1,2,3,4). The lowest BCUT2D eigenvalue weighted by Gasteiger charge is -2.07. The van der Waals surface area contributed by atoms with Crippen molar-refractivity contribution in [2.75, 3.05) is 6.61 Å². The number of phenolic OH excluding ortho intramolecular Hbond substituents is 2. The Labute approximate surface area is 160 Å². The van der Waals surface area contributed by atoms with Crippen molar-refractivity contribution in [3.05, 3.63) is 66.0 Å². The Hall–Kier alpha value is -3.21. The lowest BCUT2D eigenvalue weighted by molar-refractivity contribution is 0.0502. The molecule has 148 valence electrons. The number of pyridine rings is 1. The summed E-state index contributed by atoms with van der Waals surface area (Å²) in [4.78, 5) is 16.0. The second-order valence-electron chi connectivity index (χ2n) is 5.54. The molecule has 28 heavy (non-hydrogen) atoms. The van der Waals surface area contributed by atoms with Gasteiger partial charge in [-0.05, 0) is 23.1 Å². The maximum absolute atomic E-state index is 12.0. The van der Waals surface area contributed by atoms with E-state index in [4.69, 9.17) is 22.3 Å². The maximum Gasteiger partial charge on any atom is 0.394 e. The van der Waals surface area contributed by atoms with Crippen molar-refractivity contribution < 1.29 is 37.3 Å². The fraction of sp³-hybridized carbons (Fsp3) is 0.111. The van der Waals surface area contributed by atoms with Crippen LogP contribution in [0.4, 0.5) is 0 Å². The number of esters is 1. The maximum atomic E-state index is 12.0. The van der Waals surface area contributed by atoms with Crippen molar-refractivity contribution >= 4 is 27.1 Å². The van der Waals surface area contributed by atoms with Gasteiger partial charge in [-0.15, -0.1) is 0 Å². The molecule has 1 aromatic heterocycles. The number of ether oxygens (including phenoxy) is 1. The third kappa shape index (κ3) is 6.50. The van der Waals surface area contributed by atoms with E-state index >= 15 is 0 Å². The number of carbonyl (C=O) groups excluding carboxylic acids is 1. The fourth-order valence-electron chi connectivity index (χ4n) is 2.28. The second-order valence-corrected chi connectivity index (χ2v) is 6.44. The van der Waals surface area contributed by atoms with Crippen molar-refractivity contribution in [3.63, 3.8) is 0 Å². The Morgan fingerprint density at radius 1 is 1.04 bits per heavy atom. The first kappa shape index (κ1) is 21.1. The molecule has 3 aromatic rings. The van der Waals surface area contributed by atoms with Gasteiger partial charge in [-0.3, -0.25) is 9.11 Å². The topological polar surface area (TPSA) is 154 Å². The molecule has 0 unspecified atom stereocenters. The summed E-state index contributed by atoms with van der Waals surface area (Å²) in [5.74, 6) is -0.994. The van der Waals surface area contributed by atoms with E-state index in [0.717, 1.165) is 5.56 Å². The summed E-state index contributed by atoms with van der Waals surface area (Å²) in [6, 6.07) is 14.2. The summed E-state index contributed by atoms with van der Waals surface area (Å²) < 4.78 is 36.8. The Kier molecular flexibility index (Phi) is 6.88. The number of rotatable bonds is 4. The molecular weight excluding hydrogens is 390 g/mol. The molecule has 0 saturated carbocycles. The van der Waals surface area contributed by atoms with E-state index in [2.05, 4.69) is 4.98 Å². The highest BCUT2D eigenvalue weighted by Gasteiger charge is 2.12. The zero-order valence-corrected chi connectivity index (χ0v) is 15.2. The number of carbonyl (C=O) groups is 1. The van der Waals surface area contributed by atoms with Crippen LogP contribution in [0, 0.1) is 0 Å². The van der Waals surface area contributed by atoms with E-state index in [1.807, 2.05) is 30.3 Å². The Morgan fingerprint density at radius 2 is 1.68 bits per heavy atom. The molecule has 0 aliphatic rings. The average Bonchev–Trinajstić information content (AvgIpc) is 2.64. The van der Waals surface area contributed by atoms with Crippen LogP contribution in [0.5, 0.6) is 11.5 Å². The molecule has 0 atom stereocenters. The quantitative estimate of drug-likeness (QED) is 0.290.